The van der Waals surface area contributed by atoms with E-state index in [4.69, 9.17) is 4.74 Å². The summed E-state index contributed by atoms with van der Waals surface area (Å²) in [7, 11) is 0. The predicted molar refractivity (Wildman–Crippen MR) is 143 cm³/mol. The molecule has 1 aromatic heterocycles. The molecule has 4 nitrogen and oxygen atoms in total. The van der Waals surface area contributed by atoms with Gasteiger partial charge >= 0.3 is 0 Å². The van der Waals surface area contributed by atoms with Crippen LogP contribution in [0, 0.1) is 0 Å². The lowest BCUT2D eigenvalue weighted by Crippen LogP contribution is -2.11. The number of benzene rings is 1. The number of ether oxygens (including phenoxy) is 1. The lowest BCUT2D eigenvalue weighted by molar-refractivity contribution is 0.160. The predicted octanol–water partition coefficient (Wildman–Crippen LogP) is 8.32. The molecule has 0 bridgehead atoms. The van der Waals surface area contributed by atoms with Crippen LogP contribution in [0.25, 0.3) is 11.4 Å². The zero-order chi connectivity index (χ0) is 24.3. The standard InChI is InChI=1S/C30H48N2O2/c1-3-5-7-9-11-12-14-16-22-34-29-20-18-27(19-21-29)30-31-24-26(25-32-30)23-28(33)17-15-13-10-8-6-4-2/h18-21,24-25,28,33H,3-17,22-23H2,1-2H3. The van der Waals surface area contributed by atoms with Crippen LogP contribution in [0.4, 0.5) is 0 Å². The van der Waals surface area contributed by atoms with Crippen LogP contribution in [-0.2, 0) is 6.42 Å². The van der Waals surface area contributed by atoms with Gasteiger partial charge in [0.15, 0.2) is 5.82 Å². The van der Waals surface area contributed by atoms with Crippen molar-refractivity contribution in [3.63, 3.8) is 0 Å². The highest BCUT2D eigenvalue weighted by atomic mass is 16.5. The average molecular weight is 469 g/mol. The maximum absolute atomic E-state index is 10.3. The molecule has 0 saturated carbocycles. The van der Waals surface area contributed by atoms with Crippen LogP contribution in [0.15, 0.2) is 36.7 Å². The molecule has 0 aliphatic rings. The largest absolute Gasteiger partial charge is 0.494 e. The highest BCUT2D eigenvalue weighted by Gasteiger charge is 2.08. The molecule has 190 valence electrons. The molecule has 1 heterocycles. The summed E-state index contributed by atoms with van der Waals surface area (Å²) in [5.41, 5.74) is 1.98. The first-order valence-corrected chi connectivity index (χ1v) is 13.9. The quantitative estimate of drug-likeness (QED) is 0.198. The smallest absolute Gasteiger partial charge is 0.159 e. The molecule has 1 N–H and O–H groups in total. The average Bonchev–Trinajstić information content (AvgIpc) is 2.86. The minimum absolute atomic E-state index is 0.307. The van der Waals surface area contributed by atoms with Crippen LogP contribution in [0.3, 0.4) is 0 Å². The fourth-order valence-corrected chi connectivity index (χ4v) is 4.27. The van der Waals surface area contributed by atoms with Crippen molar-refractivity contribution in [1.29, 1.82) is 0 Å². The van der Waals surface area contributed by atoms with Gasteiger partial charge in [0, 0.05) is 24.4 Å². The number of hydrogen-bond donors (Lipinski definition) is 1. The summed E-state index contributed by atoms with van der Waals surface area (Å²) >= 11 is 0. The second-order valence-electron chi connectivity index (χ2n) is 9.68. The van der Waals surface area contributed by atoms with Gasteiger partial charge in [-0.1, -0.05) is 97.3 Å². The van der Waals surface area contributed by atoms with Gasteiger partial charge in [0.1, 0.15) is 5.75 Å². The minimum Gasteiger partial charge on any atom is -0.494 e. The van der Waals surface area contributed by atoms with Crippen molar-refractivity contribution in [1.82, 2.24) is 9.97 Å². The first-order chi connectivity index (χ1) is 16.7. The molecule has 1 atom stereocenters. The topological polar surface area (TPSA) is 55.2 Å². The molecule has 34 heavy (non-hydrogen) atoms. The van der Waals surface area contributed by atoms with Crippen LogP contribution in [-0.4, -0.2) is 27.8 Å². The van der Waals surface area contributed by atoms with Crippen LogP contribution >= 0.6 is 0 Å². The van der Waals surface area contributed by atoms with Gasteiger partial charge in [0.25, 0.3) is 0 Å². The van der Waals surface area contributed by atoms with E-state index in [1.807, 2.05) is 36.7 Å². The lowest BCUT2D eigenvalue weighted by atomic mass is 10.0. The Morgan fingerprint density at radius 3 is 1.82 bits per heavy atom. The molecular formula is C30H48N2O2. The Morgan fingerprint density at radius 2 is 1.24 bits per heavy atom. The summed E-state index contributed by atoms with van der Waals surface area (Å²) in [5, 5.41) is 10.3. The van der Waals surface area contributed by atoms with E-state index in [9.17, 15) is 5.11 Å². The summed E-state index contributed by atoms with van der Waals surface area (Å²) in [5.74, 6) is 1.62. The molecule has 0 radical (unpaired) electrons. The minimum atomic E-state index is -0.307. The third-order valence-corrected chi connectivity index (χ3v) is 6.45. The van der Waals surface area contributed by atoms with Crippen LogP contribution in [0.1, 0.15) is 116 Å². The fraction of sp³-hybridized carbons (Fsp3) is 0.667. The normalized spacial score (nSPS) is 12.1. The Labute approximate surface area is 208 Å². The zero-order valence-electron chi connectivity index (χ0n) is 21.8. The van der Waals surface area contributed by atoms with E-state index in [0.29, 0.717) is 12.2 Å². The Balaban J connectivity index is 1.63. The van der Waals surface area contributed by atoms with Crippen molar-refractivity contribution in [2.24, 2.45) is 0 Å². The maximum atomic E-state index is 10.3. The molecule has 0 amide bonds. The van der Waals surface area contributed by atoms with Crippen molar-refractivity contribution < 1.29 is 9.84 Å². The van der Waals surface area contributed by atoms with Gasteiger partial charge in [-0.05, 0) is 42.7 Å². The Bertz CT molecular complexity index is 730. The summed E-state index contributed by atoms with van der Waals surface area (Å²) in [4.78, 5) is 9.04. The van der Waals surface area contributed by atoms with E-state index in [1.165, 1.54) is 77.0 Å². The maximum Gasteiger partial charge on any atom is 0.159 e. The summed E-state index contributed by atoms with van der Waals surface area (Å²) < 4.78 is 5.90. The van der Waals surface area contributed by atoms with E-state index in [0.717, 1.165) is 42.7 Å². The summed E-state index contributed by atoms with van der Waals surface area (Å²) in [6.07, 6.45) is 22.8. The van der Waals surface area contributed by atoms with Crippen molar-refractivity contribution >= 4 is 0 Å². The van der Waals surface area contributed by atoms with Crippen LogP contribution in [0.5, 0.6) is 5.75 Å². The van der Waals surface area contributed by atoms with Crippen LogP contribution in [0.2, 0.25) is 0 Å². The molecule has 0 saturated heterocycles. The van der Waals surface area contributed by atoms with Crippen molar-refractivity contribution in [2.75, 3.05) is 6.61 Å². The third kappa shape index (κ3) is 12.5. The first kappa shape index (κ1) is 28.3. The molecular weight excluding hydrogens is 420 g/mol. The molecule has 0 spiro atoms. The van der Waals surface area contributed by atoms with Crippen molar-refractivity contribution in [3.05, 3.63) is 42.2 Å². The Morgan fingerprint density at radius 1 is 0.706 bits per heavy atom. The summed E-state index contributed by atoms with van der Waals surface area (Å²) in [6, 6.07) is 8.04. The summed E-state index contributed by atoms with van der Waals surface area (Å²) in [6.45, 7) is 5.28. The van der Waals surface area contributed by atoms with Gasteiger partial charge < -0.3 is 9.84 Å². The van der Waals surface area contributed by atoms with Crippen LogP contribution < -0.4 is 4.74 Å². The van der Waals surface area contributed by atoms with Gasteiger partial charge in [0.2, 0.25) is 0 Å². The van der Waals surface area contributed by atoms with E-state index in [1.54, 1.807) is 0 Å². The molecule has 0 aliphatic heterocycles. The molecule has 0 fully saturated rings. The number of unbranched alkanes of at least 4 members (excludes halogenated alkanes) is 12. The van der Waals surface area contributed by atoms with Crippen molar-refractivity contribution in [3.8, 4) is 17.1 Å². The molecule has 2 aromatic rings. The number of aliphatic hydroxyl groups excluding tert-OH is 1. The molecule has 0 aliphatic carbocycles. The highest BCUT2D eigenvalue weighted by molar-refractivity contribution is 5.55. The van der Waals surface area contributed by atoms with Gasteiger partial charge in [-0.15, -0.1) is 0 Å². The van der Waals surface area contributed by atoms with E-state index < -0.39 is 0 Å². The number of nitrogens with zero attached hydrogens (tertiary/aromatic N) is 2. The van der Waals surface area contributed by atoms with Gasteiger partial charge in [-0.3, -0.25) is 0 Å². The van der Waals surface area contributed by atoms with E-state index >= 15 is 0 Å². The van der Waals surface area contributed by atoms with E-state index in [2.05, 4.69) is 23.8 Å². The first-order valence-electron chi connectivity index (χ1n) is 13.9. The van der Waals surface area contributed by atoms with Gasteiger partial charge in [-0.2, -0.15) is 0 Å². The van der Waals surface area contributed by atoms with E-state index in [-0.39, 0.29) is 6.10 Å². The fourth-order valence-electron chi connectivity index (χ4n) is 4.27. The lowest BCUT2D eigenvalue weighted by Gasteiger charge is -2.11. The SMILES string of the molecule is CCCCCCCCCCOc1ccc(-c2ncc(CC(O)CCCCCCCC)cn2)cc1. The number of hydrogen-bond acceptors (Lipinski definition) is 4. The van der Waals surface area contributed by atoms with Gasteiger partial charge in [-0.25, -0.2) is 9.97 Å². The van der Waals surface area contributed by atoms with Crippen molar-refractivity contribution in [2.45, 2.75) is 123 Å². The molecule has 1 aromatic carbocycles. The van der Waals surface area contributed by atoms with Gasteiger partial charge in [0.05, 0.1) is 12.7 Å². The number of rotatable bonds is 20. The zero-order valence-corrected chi connectivity index (χ0v) is 21.8. The second kappa shape index (κ2) is 18.4. The third-order valence-electron chi connectivity index (χ3n) is 6.45. The molecule has 2 rings (SSSR count). The Hall–Kier alpha value is -1.94. The highest BCUT2D eigenvalue weighted by Crippen LogP contribution is 2.20. The second-order valence-corrected chi connectivity index (χ2v) is 9.68. The molecule has 1 unspecified atom stereocenters. The monoisotopic (exact) mass is 468 g/mol. The number of aromatic nitrogens is 2. The number of aliphatic hydroxyl groups is 1. The Kier molecular flexibility index (Phi) is 15.3. The molecule has 4 heteroatoms.